The van der Waals surface area contributed by atoms with Crippen molar-refractivity contribution < 1.29 is 9.90 Å². The van der Waals surface area contributed by atoms with E-state index in [2.05, 4.69) is 29.6 Å². The summed E-state index contributed by atoms with van der Waals surface area (Å²) in [7, 11) is 0. The first-order valence-corrected chi connectivity index (χ1v) is 9.91. The van der Waals surface area contributed by atoms with E-state index in [-0.39, 0.29) is 24.1 Å². The highest BCUT2D eigenvalue weighted by Gasteiger charge is 2.31. The minimum Gasteiger partial charge on any atom is -0.393 e. The number of nitrogens with zero attached hydrogens (tertiary/aromatic N) is 1. The van der Waals surface area contributed by atoms with Gasteiger partial charge in [-0.05, 0) is 50.5 Å². The van der Waals surface area contributed by atoms with Gasteiger partial charge in [-0.3, -0.25) is 0 Å². The summed E-state index contributed by atoms with van der Waals surface area (Å²) in [6.07, 6.45) is 7.55. The Bertz CT molecular complexity index is 540. The van der Waals surface area contributed by atoms with E-state index in [0.29, 0.717) is 12.5 Å². The van der Waals surface area contributed by atoms with Gasteiger partial charge in [0.25, 0.3) is 0 Å². The second-order valence-corrected chi connectivity index (χ2v) is 7.88. The topological polar surface area (TPSA) is 52.6 Å². The van der Waals surface area contributed by atoms with Crippen molar-refractivity contribution in [1.82, 2.24) is 10.2 Å². The Kier molecular flexibility index (Phi) is 6.35. The van der Waals surface area contributed by atoms with E-state index in [1.807, 2.05) is 17.9 Å². The quantitative estimate of drug-likeness (QED) is 0.858. The minimum atomic E-state index is -0.342. The molecule has 2 fully saturated rings. The zero-order valence-electron chi connectivity index (χ0n) is 15.4. The SMILES string of the molecule is CC(O)C1CCCN(C(=O)NC(Cc2ccccc2)C2CCCC2)C1. The molecule has 3 rings (SSSR count). The molecule has 3 unspecified atom stereocenters. The van der Waals surface area contributed by atoms with Gasteiger partial charge in [-0.25, -0.2) is 4.79 Å². The summed E-state index contributed by atoms with van der Waals surface area (Å²) in [5.41, 5.74) is 1.29. The van der Waals surface area contributed by atoms with E-state index in [9.17, 15) is 9.90 Å². The van der Waals surface area contributed by atoms with Crippen LogP contribution in [-0.4, -0.2) is 41.3 Å². The van der Waals surface area contributed by atoms with Gasteiger partial charge in [-0.2, -0.15) is 0 Å². The Morgan fingerprint density at radius 2 is 1.84 bits per heavy atom. The number of hydrogen-bond donors (Lipinski definition) is 2. The summed E-state index contributed by atoms with van der Waals surface area (Å²) in [6.45, 7) is 3.31. The normalized spacial score (nSPS) is 24.1. The first-order chi connectivity index (χ1) is 12.1. The van der Waals surface area contributed by atoms with Crippen molar-refractivity contribution in [2.75, 3.05) is 13.1 Å². The largest absolute Gasteiger partial charge is 0.393 e. The van der Waals surface area contributed by atoms with E-state index >= 15 is 0 Å². The van der Waals surface area contributed by atoms with Crippen LogP contribution in [0.4, 0.5) is 4.79 Å². The third kappa shape index (κ3) is 4.97. The van der Waals surface area contributed by atoms with Crippen LogP contribution >= 0.6 is 0 Å². The van der Waals surface area contributed by atoms with E-state index in [4.69, 9.17) is 0 Å². The molecule has 1 saturated carbocycles. The summed E-state index contributed by atoms with van der Waals surface area (Å²) >= 11 is 0. The number of carbonyl (C=O) groups is 1. The molecule has 3 atom stereocenters. The summed E-state index contributed by atoms with van der Waals surface area (Å²) in [6, 6.07) is 10.7. The molecule has 25 heavy (non-hydrogen) atoms. The van der Waals surface area contributed by atoms with Crippen molar-refractivity contribution in [3.63, 3.8) is 0 Å². The number of aliphatic hydroxyl groups excluding tert-OH is 1. The number of aliphatic hydroxyl groups is 1. The average Bonchev–Trinajstić information content (AvgIpc) is 3.17. The van der Waals surface area contributed by atoms with Gasteiger partial charge in [0.1, 0.15) is 0 Å². The number of urea groups is 1. The lowest BCUT2D eigenvalue weighted by Crippen LogP contribution is -2.52. The lowest BCUT2D eigenvalue weighted by molar-refractivity contribution is 0.0727. The molecule has 1 aromatic rings. The molecular formula is C21H32N2O2. The summed E-state index contributed by atoms with van der Waals surface area (Å²) in [5.74, 6) is 0.792. The summed E-state index contributed by atoms with van der Waals surface area (Å²) in [4.78, 5) is 14.8. The molecule has 2 aliphatic rings. The molecule has 0 aromatic heterocycles. The standard InChI is InChI=1S/C21H32N2O2/c1-16(24)19-12-7-13-23(15-19)21(25)22-20(18-10-5-6-11-18)14-17-8-3-2-4-9-17/h2-4,8-9,16,18-20,24H,5-7,10-15H2,1H3,(H,22,25). The zero-order chi connectivity index (χ0) is 17.6. The van der Waals surface area contributed by atoms with Gasteiger partial charge < -0.3 is 15.3 Å². The monoisotopic (exact) mass is 344 g/mol. The van der Waals surface area contributed by atoms with E-state index in [1.54, 1.807) is 0 Å². The van der Waals surface area contributed by atoms with Crippen molar-refractivity contribution in [3.05, 3.63) is 35.9 Å². The number of piperidine rings is 1. The van der Waals surface area contributed by atoms with Crippen molar-refractivity contribution >= 4 is 6.03 Å². The Hall–Kier alpha value is -1.55. The maximum atomic E-state index is 12.9. The number of carbonyl (C=O) groups excluding carboxylic acids is 1. The van der Waals surface area contributed by atoms with Crippen LogP contribution in [0.1, 0.15) is 51.0 Å². The van der Waals surface area contributed by atoms with Crippen LogP contribution < -0.4 is 5.32 Å². The highest BCUT2D eigenvalue weighted by Crippen LogP contribution is 2.29. The molecule has 2 amide bonds. The Labute approximate surface area is 151 Å². The van der Waals surface area contributed by atoms with E-state index < -0.39 is 0 Å². The number of amides is 2. The van der Waals surface area contributed by atoms with Crippen LogP contribution in [0.25, 0.3) is 0 Å². The molecule has 138 valence electrons. The number of rotatable bonds is 5. The van der Waals surface area contributed by atoms with Crippen molar-refractivity contribution in [2.24, 2.45) is 11.8 Å². The van der Waals surface area contributed by atoms with Gasteiger partial charge in [-0.1, -0.05) is 43.2 Å². The zero-order valence-corrected chi connectivity index (χ0v) is 15.4. The van der Waals surface area contributed by atoms with Crippen molar-refractivity contribution in [3.8, 4) is 0 Å². The van der Waals surface area contributed by atoms with Crippen LogP contribution in [0.15, 0.2) is 30.3 Å². The molecule has 1 aliphatic carbocycles. The highest BCUT2D eigenvalue weighted by atomic mass is 16.3. The fraction of sp³-hybridized carbons (Fsp3) is 0.667. The Morgan fingerprint density at radius 3 is 2.52 bits per heavy atom. The molecular weight excluding hydrogens is 312 g/mol. The molecule has 4 heteroatoms. The Balaban J connectivity index is 1.63. The first-order valence-electron chi connectivity index (χ1n) is 9.91. The smallest absolute Gasteiger partial charge is 0.317 e. The number of hydrogen-bond acceptors (Lipinski definition) is 2. The molecule has 1 aromatic carbocycles. The molecule has 1 aliphatic heterocycles. The lowest BCUT2D eigenvalue weighted by atomic mass is 9.91. The summed E-state index contributed by atoms with van der Waals surface area (Å²) < 4.78 is 0. The highest BCUT2D eigenvalue weighted by molar-refractivity contribution is 5.74. The van der Waals surface area contributed by atoms with Gasteiger partial charge in [-0.15, -0.1) is 0 Å². The maximum Gasteiger partial charge on any atom is 0.317 e. The molecule has 4 nitrogen and oxygen atoms in total. The number of nitrogens with one attached hydrogen (secondary N) is 1. The third-order valence-corrected chi connectivity index (χ3v) is 6.00. The van der Waals surface area contributed by atoms with Gasteiger partial charge in [0.2, 0.25) is 0 Å². The fourth-order valence-electron chi connectivity index (χ4n) is 4.40. The van der Waals surface area contributed by atoms with Crippen LogP contribution in [0, 0.1) is 11.8 Å². The van der Waals surface area contributed by atoms with E-state index in [0.717, 1.165) is 25.8 Å². The van der Waals surface area contributed by atoms with Crippen molar-refractivity contribution in [2.45, 2.75) is 64.0 Å². The predicted molar refractivity (Wildman–Crippen MR) is 100 cm³/mol. The van der Waals surface area contributed by atoms with Gasteiger partial charge in [0, 0.05) is 25.0 Å². The third-order valence-electron chi connectivity index (χ3n) is 6.00. The molecule has 2 N–H and O–H groups in total. The minimum absolute atomic E-state index is 0.0539. The van der Waals surface area contributed by atoms with Crippen LogP contribution in [0.5, 0.6) is 0 Å². The second-order valence-electron chi connectivity index (χ2n) is 7.88. The average molecular weight is 344 g/mol. The molecule has 1 saturated heterocycles. The molecule has 0 spiro atoms. The molecule has 0 bridgehead atoms. The van der Waals surface area contributed by atoms with Crippen LogP contribution in [0.2, 0.25) is 0 Å². The number of benzene rings is 1. The summed E-state index contributed by atoms with van der Waals surface area (Å²) in [5, 5.41) is 13.2. The lowest BCUT2D eigenvalue weighted by Gasteiger charge is -2.36. The maximum absolute atomic E-state index is 12.9. The van der Waals surface area contributed by atoms with Crippen LogP contribution in [0.3, 0.4) is 0 Å². The fourth-order valence-corrected chi connectivity index (χ4v) is 4.40. The van der Waals surface area contributed by atoms with Gasteiger partial charge in [0.15, 0.2) is 0 Å². The van der Waals surface area contributed by atoms with Crippen LogP contribution in [-0.2, 0) is 6.42 Å². The van der Waals surface area contributed by atoms with Gasteiger partial charge in [0.05, 0.1) is 6.10 Å². The molecule has 1 heterocycles. The second kappa shape index (κ2) is 8.70. The van der Waals surface area contributed by atoms with Gasteiger partial charge >= 0.3 is 6.03 Å². The predicted octanol–water partition coefficient (Wildman–Crippen LogP) is 3.59. The Morgan fingerprint density at radius 1 is 1.16 bits per heavy atom. The van der Waals surface area contributed by atoms with E-state index in [1.165, 1.54) is 31.2 Å². The van der Waals surface area contributed by atoms with Crippen molar-refractivity contribution in [1.29, 1.82) is 0 Å². The number of likely N-dealkylation sites (tertiary alicyclic amines) is 1. The first kappa shape index (κ1) is 18.2. The molecule has 0 radical (unpaired) electrons.